The van der Waals surface area contributed by atoms with Gasteiger partial charge >= 0.3 is 0 Å². The van der Waals surface area contributed by atoms with Gasteiger partial charge in [-0.2, -0.15) is 4.31 Å². The van der Waals surface area contributed by atoms with Gasteiger partial charge in [0, 0.05) is 38.1 Å². The van der Waals surface area contributed by atoms with Crippen LogP contribution in [0.3, 0.4) is 0 Å². The van der Waals surface area contributed by atoms with Crippen LogP contribution in [0.2, 0.25) is 0 Å². The summed E-state index contributed by atoms with van der Waals surface area (Å²) in [6, 6.07) is 7.52. The second kappa shape index (κ2) is 7.69. The van der Waals surface area contributed by atoms with Gasteiger partial charge in [0.15, 0.2) is 0 Å². The maximum atomic E-state index is 13.2. The highest BCUT2D eigenvalue weighted by Crippen LogP contribution is 2.33. The number of carbonyl (C=O) groups excluding carboxylic acids is 1. The standard InChI is InChI=1S/C19H23N3O3S2/c23-19(22(17-5-6-17)13-15-7-9-20-10-8-15)16-3-1-11-21(14-16)27(24,25)18-4-2-12-26-18/h2,4,7-10,12,16-17H,1,3,5-6,11,13-14H2/t16-/m1/s1. The Balaban J connectivity index is 1.49. The minimum absolute atomic E-state index is 0.0837. The van der Waals surface area contributed by atoms with E-state index < -0.39 is 10.0 Å². The third kappa shape index (κ3) is 4.07. The molecule has 2 aromatic heterocycles. The van der Waals surface area contributed by atoms with Gasteiger partial charge in [0.2, 0.25) is 5.91 Å². The summed E-state index contributed by atoms with van der Waals surface area (Å²) in [6.07, 6.45) is 6.99. The molecule has 2 aromatic rings. The van der Waals surface area contributed by atoms with Gasteiger partial charge in [-0.1, -0.05) is 6.07 Å². The maximum absolute atomic E-state index is 13.2. The molecule has 2 fully saturated rings. The molecule has 1 amide bonds. The first-order valence-electron chi connectivity index (χ1n) is 9.29. The summed E-state index contributed by atoms with van der Waals surface area (Å²) in [6.45, 7) is 1.33. The summed E-state index contributed by atoms with van der Waals surface area (Å²) < 4.78 is 27.5. The van der Waals surface area contributed by atoms with Gasteiger partial charge in [0.05, 0.1) is 5.92 Å². The number of sulfonamides is 1. The minimum atomic E-state index is -3.50. The van der Waals surface area contributed by atoms with Gasteiger partial charge in [0.25, 0.3) is 10.0 Å². The number of carbonyl (C=O) groups is 1. The van der Waals surface area contributed by atoms with Crippen molar-refractivity contribution in [3.8, 4) is 0 Å². The van der Waals surface area contributed by atoms with Crippen molar-refractivity contribution in [2.24, 2.45) is 5.92 Å². The molecule has 0 bridgehead atoms. The molecule has 4 rings (SSSR count). The Morgan fingerprint density at radius 3 is 2.67 bits per heavy atom. The Morgan fingerprint density at radius 1 is 1.22 bits per heavy atom. The molecule has 1 atom stereocenters. The Labute approximate surface area is 163 Å². The van der Waals surface area contributed by atoms with Crippen LogP contribution in [0.1, 0.15) is 31.2 Å². The van der Waals surface area contributed by atoms with Crippen LogP contribution in [-0.4, -0.2) is 47.6 Å². The van der Waals surface area contributed by atoms with E-state index in [-0.39, 0.29) is 24.4 Å². The smallest absolute Gasteiger partial charge is 0.252 e. The zero-order valence-corrected chi connectivity index (χ0v) is 16.7. The topological polar surface area (TPSA) is 70.6 Å². The van der Waals surface area contributed by atoms with Crippen molar-refractivity contribution in [3.05, 3.63) is 47.6 Å². The summed E-state index contributed by atoms with van der Waals surface area (Å²) in [5.41, 5.74) is 1.06. The lowest BCUT2D eigenvalue weighted by Gasteiger charge is -2.34. The molecule has 1 aliphatic heterocycles. The van der Waals surface area contributed by atoms with Crippen molar-refractivity contribution in [1.29, 1.82) is 0 Å². The highest BCUT2D eigenvalue weighted by atomic mass is 32.2. The molecule has 3 heterocycles. The molecule has 27 heavy (non-hydrogen) atoms. The number of amides is 1. The van der Waals surface area contributed by atoms with Crippen molar-refractivity contribution >= 4 is 27.3 Å². The number of hydrogen-bond acceptors (Lipinski definition) is 5. The third-order valence-electron chi connectivity index (χ3n) is 5.20. The Morgan fingerprint density at radius 2 is 2.00 bits per heavy atom. The molecule has 2 aliphatic rings. The summed E-state index contributed by atoms with van der Waals surface area (Å²) in [4.78, 5) is 19.2. The third-order valence-corrected chi connectivity index (χ3v) is 8.43. The van der Waals surface area contributed by atoms with Crippen molar-refractivity contribution in [2.75, 3.05) is 13.1 Å². The zero-order valence-electron chi connectivity index (χ0n) is 15.0. The van der Waals surface area contributed by atoms with Crippen LogP contribution in [0.5, 0.6) is 0 Å². The number of aromatic nitrogens is 1. The lowest BCUT2D eigenvalue weighted by molar-refractivity contribution is -0.138. The van der Waals surface area contributed by atoms with Crippen molar-refractivity contribution < 1.29 is 13.2 Å². The molecule has 8 heteroatoms. The van der Waals surface area contributed by atoms with Crippen LogP contribution in [0.25, 0.3) is 0 Å². The van der Waals surface area contributed by atoms with Gasteiger partial charge in [-0.05, 0) is 54.8 Å². The fourth-order valence-corrected chi connectivity index (χ4v) is 6.26. The van der Waals surface area contributed by atoms with E-state index >= 15 is 0 Å². The van der Waals surface area contributed by atoms with Gasteiger partial charge < -0.3 is 4.90 Å². The van der Waals surface area contributed by atoms with E-state index in [4.69, 9.17) is 0 Å². The fourth-order valence-electron chi connectivity index (χ4n) is 3.59. The fraction of sp³-hybridized carbons (Fsp3) is 0.474. The van der Waals surface area contributed by atoms with Gasteiger partial charge in [-0.25, -0.2) is 8.42 Å². The van der Waals surface area contributed by atoms with Crippen LogP contribution in [0.4, 0.5) is 0 Å². The zero-order chi connectivity index (χ0) is 18.9. The second-order valence-electron chi connectivity index (χ2n) is 7.19. The minimum Gasteiger partial charge on any atom is -0.335 e. The number of hydrogen-bond donors (Lipinski definition) is 0. The molecule has 6 nitrogen and oxygen atoms in total. The van der Waals surface area contributed by atoms with Crippen molar-refractivity contribution in [2.45, 2.75) is 42.5 Å². The van der Waals surface area contributed by atoms with E-state index in [1.54, 1.807) is 29.9 Å². The molecule has 1 aliphatic carbocycles. The van der Waals surface area contributed by atoms with E-state index in [2.05, 4.69) is 4.98 Å². The number of piperidine rings is 1. The van der Waals surface area contributed by atoms with Crippen LogP contribution in [0, 0.1) is 5.92 Å². The first kappa shape index (κ1) is 18.6. The molecule has 0 aromatic carbocycles. The van der Waals surface area contributed by atoms with Gasteiger partial charge in [0.1, 0.15) is 4.21 Å². The Kier molecular flexibility index (Phi) is 5.29. The largest absolute Gasteiger partial charge is 0.335 e. The predicted molar refractivity (Wildman–Crippen MR) is 104 cm³/mol. The maximum Gasteiger partial charge on any atom is 0.252 e. The Hall–Kier alpha value is -1.77. The quantitative estimate of drug-likeness (QED) is 0.741. The molecule has 0 radical (unpaired) electrons. The second-order valence-corrected chi connectivity index (χ2v) is 10.3. The summed E-state index contributed by atoms with van der Waals surface area (Å²) in [7, 11) is -3.50. The van der Waals surface area contributed by atoms with Crippen LogP contribution in [-0.2, 0) is 21.4 Å². The summed E-state index contributed by atoms with van der Waals surface area (Å²) >= 11 is 1.23. The lowest BCUT2D eigenvalue weighted by Crippen LogP contribution is -2.47. The van der Waals surface area contributed by atoms with E-state index in [1.807, 2.05) is 17.0 Å². The number of nitrogens with zero attached hydrogens (tertiary/aromatic N) is 3. The number of thiophene rings is 1. The first-order chi connectivity index (χ1) is 13.1. The highest BCUT2D eigenvalue weighted by molar-refractivity contribution is 7.91. The van der Waals surface area contributed by atoms with Gasteiger partial charge in [-0.15, -0.1) is 11.3 Å². The van der Waals surface area contributed by atoms with Gasteiger partial charge in [-0.3, -0.25) is 9.78 Å². The normalized spacial score (nSPS) is 21.1. The summed E-state index contributed by atoms with van der Waals surface area (Å²) in [5.74, 6) is -0.184. The molecule has 0 spiro atoms. The number of pyridine rings is 1. The lowest BCUT2D eigenvalue weighted by atomic mass is 9.97. The molecule has 144 valence electrons. The van der Waals surface area contributed by atoms with Crippen LogP contribution >= 0.6 is 11.3 Å². The number of rotatable bonds is 6. The molecule has 1 saturated heterocycles. The summed E-state index contributed by atoms with van der Waals surface area (Å²) in [5, 5.41) is 1.77. The molecular weight excluding hydrogens is 382 g/mol. The average molecular weight is 406 g/mol. The van der Waals surface area contributed by atoms with E-state index in [0.717, 1.165) is 31.2 Å². The van der Waals surface area contributed by atoms with Crippen LogP contribution in [0.15, 0.2) is 46.2 Å². The SMILES string of the molecule is O=C([C@@H]1CCCN(S(=O)(=O)c2cccs2)C1)N(Cc1ccncc1)C1CC1. The van der Waals surface area contributed by atoms with E-state index in [9.17, 15) is 13.2 Å². The van der Waals surface area contributed by atoms with Crippen LogP contribution < -0.4 is 0 Å². The monoisotopic (exact) mass is 405 g/mol. The Bertz CT molecular complexity index is 880. The van der Waals surface area contributed by atoms with E-state index in [1.165, 1.54) is 15.6 Å². The van der Waals surface area contributed by atoms with Crippen molar-refractivity contribution in [1.82, 2.24) is 14.2 Å². The predicted octanol–water partition coefficient (Wildman–Crippen LogP) is 2.74. The first-order valence-corrected chi connectivity index (χ1v) is 11.6. The molecule has 1 saturated carbocycles. The molecule has 0 unspecified atom stereocenters. The molecular formula is C19H23N3O3S2. The average Bonchev–Trinajstić information content (AvgIpc) is 3.38. The highest BCUT2D eigenvalue weighted by Gasteiger charge is 2.39. The molecule has 0 N–H and O–H groups in total. The van der Waals surface area contributed by atoms with E-state index in [0.29, 0.717) is 17.3 Å². The van der Waals surface area contributed by atoms with Crippen molar-refractivity contribution in [3.63, 3.8) is 0 Å².